The monoisotopic (exact) mass is 248 g/mol. The summed E-state index contributed by atoms with van der Waals surface area (Å²) in [5.74, 6) is -0.995. The summed E-state index contributed by atoms with van der Waals surface area (Å²) in [6, 6.07) is 0. The Labute approximate surface area is 98.8 Å². The maximum absolute atomic E-state index is 12.2. The fraction of sp³-hybridized carbons (Fsp3) is 0.909. The molecule has 0 heterocycles. The van der Waals surface area contributed by atoms with Crippen LogP contribution in [0.5, 0.6) is 0 Å². The van der Waals surface area contributed by atoms with Gasteiger partial charge in [0.05, 0.1) is 6.10 Å². The molecule has 0 aromatic heterocycles. The van der Waals surface area contributed by atoms with Gasteiger partial charge in [0.1, 0.15) is 4.75 Å². The average molecular weight is 248 g/mol. The molecule has 3 atom stereocenters. The quantitative estimate of drug-likeness (QED) is 0.820. The summed E-state index contributed by atoms with van der Waals surface area (Å²) in [6.45, 7) is 3.06. The van der Waals surface area contributed by atoms with Crippen molar-refractivity contribution in [1.29, 1.82) is 0 Å². The first-order valence-corrected chi connectivity index (χ1v) is 6.77. The van der Waals surface area contributed by atoms with Crippen molar-refractivity contribution in [3.8, 4) is 0 Å². The van der Waals surface area contributed by atoms with Crippen LogP contribution in [0.3, 0.4) is 0 Å². The minimum atomic E-state index is -1.35. The van der Waals surface area contributed by atoms with Crippen LogP contribution >= 0.6 is 0 Å². The van der Waals surface area contributed by atoms with E-state index >= 15 is 0 Å². The van der Waals surface area contributed by atoms with Crippen molar-refractivity contribution in [2.45, 2.75) is 55.6 Å². The lowest BCUT2D eigenvalue weighted by atomic mass is 9.97. The van der Waals surface area contributed by atoms with E-state index in [2.05, 4.69) is 0 Å². The van der Waals surface area contributed by atoms with Crippen molar-refractivity contribution in [2.75, 3.05) is 7.11 Å². The van der Waals surface area contributed by atoms with Gasteiger partial charge in [-0.2, -0.15) is 0 Å². The smallest absolute Gasteiger partial charge is 0.321 e. The molecule has 5 heteroatoms. The molecule has 0 saturated heterocycles. The van der Waals surface area contributed by atoms with Crippen molar-refractivity contribution in [1.82, 2.24) is 0 Å². The second-order valence-electron chi connectivity index (χ2n) is 4.76. The van der Waals surface area contributed by atoms with Crippen LogP contribution in [-0.2, 0) is 20.3 Å². The molecular formula is C11H20O4S. The summed E-state index contributed by atoms with van der Waals surface area (Å²) in [4.78, 5) is 11.0. The molecule has 1 rings (SSSR count). The molecule has 0 bridgehead atoms. The Balaban J connectivity index is 2.70. The van der Waals surface area contributed by atoms with Crippen LogP contribution in [0.2, 0.25) is 0 Å². The van der Waals surface area contributed by atoms with Crippen molar-refractivity contribution >= 4 is 16.8 Å². The van der Waals surface area contributed by atoms with Crippen molar-refractivity contribution < 1.29 is 18.8 Å². The molecule has 1 N–H and O–H groups in total. The first-order valence-electron chi connectivity index (χ1n) is 5.56. The molecule has 16 heavy (non-hydrogen) atoms. The summed E-state index contributed by atoms with van der Waals surface area (Å²) in [6.07, 6.45) is 3.62. The van der Waals surface area contributed by atoms with E-state index in [1.807, 2.05) is 0 Å². The third-order valence-electron chi connectivity index (χ3n) is 3.23. The molecular weight excluding hydrogens is 228 g/mol. The first kappa shape index (κ1) is 13.6. The van der Waals surface area contributed by atoms with Crippen LogP contribution in [0.15, 0.2) is 0 Å². The molecule has 3 unspecified atom stereocenters. The second kappa shape index (κ2) is 5.27. The number of ether oxygens (including phenoxy) is 1. The predicted molar refractivity (Wildman–Crippen MR) is 62.9 cm³/mol. The van der Waals surface area contributed by atoms with Gasteiger partial charge in [-0.3, -0.25) is 9.00 Å². The number of rotatable bonds is 4. The van der Waals surface area contributed by atoms with E-state index in [9.17, 15) is 9.00 Å². The Morgan fingerprint density at radius 3 is 2.56 bits per heavy atom. The lowest BCUT2D eigenvalue weighted by Gasteiger charge is -2.31. The Bertz CT molecular complexity index is 288. The molecule has 4 nitrogen and oxygen atoms in total. The van der Waals surface area contributed by atoms with Gasteiger partial charge in [-0.05, 0) is 39.5 Å². The van der Waals surface area contributed by atoms with E-state index in [1.165, 1.54) is 13.8 Å². The molecule has 1 fully saturated rings. The largest absolute Gasteiger partial charge is 0.480 e. The summed E-state index contributed by atoms with van der Waals surface area (Å²) in [5, 5.41) is 8.99. The second-order valence-corrected chi connectivity index (χ2v) is 7.04. The molecule has 94 valence electrons. The van der Waals surface area contributed by atoms with E-state index in [1.54, 1.807) is 7.11 Å². The lowest BCUT2D eigenvalue weighted by molar-refractivity contribution is -0.139. The molecule has 0 spiro atoms. The van der Waals surface area contributed by atoms with Gasteiger partial charge >= 0.3 is 5.97 Å². The highest BCUT2D eigenvalue weighted by Crippen LogP contribution is 2.29. The SMILES string of the molecule is COC1CCCC(S(=O)C(C)(C)C(=O)O)C1. The van der Waals surface area contributed by atoms with Gasteiger partial charge in [0, 0.05) is 23.2 Å². The first-order chi connectivity index (χ1) is 7.39. The Morgan fingerprint density at radius 2 is 2.06 bits per heavy atom. The van der Waals surface area contributed by atoms with Crippen LogP contribution in [0.4, 0.5) is 0 Å². The third kappa shape index (κ3) is 2.83. The zero-order valence-corrected chi connectivity index (χ0v) is 10.9. The highest BCUT2D eigenvalue weighted by molar-refractivity contribution is 7.87. The van der Waals surface area contributed by atoms with Gasteiger partial charge in [-0.1, -0.05) is 0 Å². The minimum absolute atomic E-state index is 0.0511. The Kier molecular flexibility index (Phi) is 4.50. The third-order valence-corrected chi connectivity index (χ3v) is 5.45. The molecule has 0 aliphatic heterocycles. The molecule has 0 amide bonds. The number of hydrogen-bond donors (Lipinski definition) is 1. The van der Waals surface area contributed by atoms with Crippen molar-refractivity contribution in [3.63, 3.8) is 0 Å². The fourth-order valence-corrected chi connectivity index (χ4v) is 3.79. The molecule has 0 radical (unpaired) electrons. The molecule has 0 aromatic carbocycles. The summed E-state index contributed by atoms with van der Waals surface area (Å²) < 4.78 is 16.3. The van der Waals surface area contributed by atoms with E-state index in [0.29, 0.717) is 6.42 Å². The van der Waals surface area contributed by atoms with Gasteiger partial charge in [0.2, 0.25) is 0 Å². The average Bonchev–Trinajstić information content (AvgIpc) is 2.27. The number of aliphatic carboxylic acids is 1. The number of hydrogen-bond acceptors (Lipinski definition) is 3. The summed E-state index contributed by atoms with van der Waals surface area (Å²) >= 11 is 0. The maximum atomic E-state index is 12.2. The predicted octanol–water partition coefficient (Wildman–Crippen LogP) is 1.56. The van der Waals surface area contributed by atoms with Gasteiger partial charge in [0.15, 0.2) is 0 Å². The Morgan fingerprint density at radius 1 is 1.44 bits per heavy atom. The molecule has 0 aromatic rings. The van der Waals surface area contributed by atoms with Gasteiger partial charge < -0.3 is 9.84 Å². The van der Waals surface area contributed by atoms with Crippen LogP contribution in [0, 0.1) is 0 Å². The standard InChI is InChI=1S/C11H20O4S/c1-11(2,10(12)13)16(14)9-6-4-5-8(7-9)15-3/h8-9H,4-7H2,1-3H3,(H,12,13). The number of carboxylic acids is 1. The molecule has 1 aliphatic rings. The lowest BCUT2D eigenvalue weighted by Crippen LogP contribution is -2.43. The van der Waals surface area contributed by atoms with Crippen LogP contribution in [-0.4, -0.2) is 38.5 Å². The number of methoxy groups -OCH3 is 1. The van der Waals surface area contributed by atoms with E-state index in [4.69, 9.17) is 9.84 Å². The number of carboxylic acid groups (broad SMARTS) is 1. The van der Waals surface area contributed by atoms with E-state index in [0.717, 1.165) is 19.3 Å². The van der Waals surface area contributed by atoms with E-state index < -0.39 is 21.5 Å². The van der Waals surface area contributed by atoms with Crippen LogP contribution in [0.1, 0.15) is 39.5 Å². The zero-order valence-electron chi connectivity index (χ0n) is 10.1. The summed E-state index contributed by atoms with van der Waals surface area (Å²) in [7, 11) is 0.302. The fourth-order valence-electron chi connectivity index (χ4n) is 2.01. The molecule has 1 aliphatic carbocycles. The number of carbonyl (C=O) groups is 1. The van der Waals surface area contributed by atoms with Gasteiger partial charge in [-0.25, -0.2) is 0 Å². The van der Waals surface area contributed by atoms with Gasteiger partial charge in [0.25, 0.3) is 0 Å². The zero-order chi connectivity index (χ0) is 12.3. The molecule has 1 saturated carbocycles. The van der Waals surface area contributed by atoms with Crippen molar-refractivity contribution in [3.05, 3.63) is 0 Å². The van der Waals surface area contributed by atoms with Crippen LogP contribution < -0.4 is 0 Å². The highest BCUT2D eigenvalue weighted by Gasteiger charge is 2.40. The minimum Gasteiger partial charge on any atom is -0.480 e. The highest BCUT2D eigenvalue weighted by atomic mass is 32.2. The normalized spacial score (nSPS) is 28.7. The summed E-state index contributed by atoms with van der Waals surface area (Å²) in [5.41, 5.74) is 0. The Hall–Kier alpha value is -0.420. The van der Waals surface area contributed by atoms with E-state index in [-0.39, 0.29) is 11.4 Å². The van der Waals surface area contributed by atoms with Gasteiger partial charge in [-0.15, -0.1) is 0 Å². The topological polar surface area (TPSA) is 63.6 Å². The van der Waals surface area contributed by atoms with Crippen molar-refractivity contribution in [2.24, 2.45) is 0 Å². The maximum Gasteiger partial charge on any atom is 0.321 e. The van der Waals surface area contributed by atoms with Crippen LogP contribution in [0.25, 0.3) is 0 Å².